The Kier molecular flexibility index (Phi) is 10.7. The molecule has 1 fully saturated rings. The fraction of sp³-hybridized carbons (Fsp3) is 0.652. The van der Waals surface area contributed by atoms with Gasteiger partial charge in [-0.1, -0.05) is 44.2 Å². The van der Waals surface area contributed by atoms with Gasteiger partial charge in [-0.25, -0.2) is 4.99 Å². The smallest absolute Gasteiger partial charge is 0.243 e. The molecule has 0 saturated carbocycles. The van der Waals surface area contributed by atoms with Crippen LogP contribution in [0, 0.1) is 5.92 Å². The Morgan fingerprint density at radius 3 is 2.50 bits per heavy atom. The van der Waals surface area contributed by atoms with Crippen LogP contribution >= 0.6 is 0 Å². The van der Waals surface area contributed by atoms with Gasteiger partial charge in [-0.05, 0) is 24.3 Å². The Balaban J connectivity index is 1.96. The molecule has 1 aliphatic rings. The first kappa shape index (κ1) is 24.2. The zero-order valence-electron chi connectivity index (χ0n) is 19.1. The van der Waals surface area contributed by atoms with Gasteiger partial charge in [0.15, 0.2) is 5.96 Å². The highest BCUT2D eigenvalue weighted by atomic mass is 16.5. The molecule has 0 aliphatic carbocycles. The van der Waals surface area contributed by atoms with Crippen LogP contribution in [-0.4, -0.2) is 87.7 Å². The number of carbonyl (C=O) groups is 1. The molecule has 0 aromatic heterocycles. The van der Waals surface area contributed by atoms with Crippen molar-refractivity contribution in [3.8, 4) is 0 Å². The van der Waals surface area contributed by atoms with Gasteiger partial charge in [0.1, 0.15) is 6.54 Å². The van der Waals surface area contributed by atoms with Crippen molar-refractivity contribution in [3.63, 3.8) is 0 Å². The van der Waals surface area contributed by atoms with Crippen molar-refractivity contribution in [2.75, 3.05) is 60.0 Å². The van der Waals surface area contributed by atoms with Gasteiger partial charge in [0.25, 0.3) is 0 Å². The molecule has 2 rings (SSSR count). The standard InChI is InChI=1S/C23H39N5O2/c1-19(2)16-21(28-12-14-30-15-13-28)17-25-23(26-18-22(29)27(3)4)24-11-10-20-8-6-5-7-9-20/h5-9,19,21H,10-18H2,1-4H3,(H2,24,25,26). The highest BCUT2D eigenvalue weighted by Crippen LogP contribution is 2.13. The second kappa shape index (κ2) is 13.2. The number of ether oxygens (including phenoxy) is 1. The van der Waals surface area contributed by atoms with Crippen LogP contribution in [0.4, 0.5) is 0 Å². The number of hydrogen-bond donors (Lipinski definition) is 2. The first-order chi connectivity index (χ1) is 14.5. The molecular weight excluding hydrogens is 378 g/mol. The summed E-state index contributed by atoms with van der Waals surface area (Å²) in [4.78, 5) is 20.6. The summed E-state index contributed by atoms with van der Waals surface area (Å²) in [5.74, 6) is 1.30. The number of benzene rings is 1. The first-order valence-corrected chi connectivity index (χ1v) is 11.0. The number of carbonyl (C=O) groups excluding carboxylic acids is 1. The number of nitrogens with one attached hydrogen (secondary N) is 2. The van der Waals surface area contributed by atoms with E-state index in [-0.39, 0.29) is 12.5 Å². The molecule has 1 amide bonds. The van der Waals surface area contributed by atoms with Crippen LogP contribution in [-0.2, 0) is 16.0 Å². The van der Waals surface area contributed by atoms with Gasteiger partial charge in [0.2, 0.25) is 5.91 Å². The Labute approximate surface area is 181 Å². The van der Waals surface area contributed by atoms with E-state index in [1.165, 1.54) is 5.56 Å². The van der Waals surface area contributed by atoms with Gasteiger partial charge in [0.05, 0.1) is 13.2 Å². The van der Waals surface area contributed by atoms with Crippen molar-refractivity contribution in [1.29, 1.82) is 0 Å². The maximum atomic E-state index is 12.0. The van der Waals surface area contributed by atoms with E-state index in [9.17, 15) is 4.79 Å². The molecule has 1 aliphatic heterocycles. The average Bonchev–Trinajstić information content (AvgIpc) is 2.75. The Morgan fingerprint density at radius 2 is 1.87 bits per heavy atom. The summed E-state index contributed by atoms with van der Waals surface area (Å²) < 4.78 is 5.52. The minimum absolute atomic E-state index is 0.00827. The van der Waals surface area contributed by atoms with Crippen molar-refractivity contribution < 1.29 is 9.53 Å². The van der Waals surface area contributed by atoms with Crippen molar-refractivity contribution in [3.05, 3.63) is 35.9 Å². The third-order valence-corrected chi connectivity index (χ3v) is 5.23. The molecule has 1 aromatic rings. The number of hydrogen-bond acceptors (Lipinski definition) is 4. The molecule has 1 saturated heterocycles. The molecule has 7 heteroatoms. The second-order valence-electron chi connectivity index (χ2n) is 8.43. The fourth-order valence-corrected chi connectivity index (χ4v) is 3.50. The lowest BCUT2D eigenvalue weighted by Gasteiger charge is -2.35. The minimum Gasteiger partial charge on any atom is -0.379 e. The van der Waals surface area contributed by atoms with Crippen LogP contribution < -0.4 is 10.6 Å². The predicted molar refractivity (Wildman–Crippen MR) is 123 cm³/mol. The SMILES string of the molecule is CC(C)CC(CNC(=NCC(=O)N(C)C)NCCc1ccccc1)N1CCOCC1. The third kappa shape index (κ3) is 9.13. The van der Waals surface area contributed by atoms with Crippen molar-refractivity contribution in [2.45, 2.75) is 32.7 Å². The molecule has 168 valence electrons. The number of amides is 1. The monoisotopic (exact) mass is 417 g/mol. The van der Waals surface area contributed by atoms with Gasteiger partial charge in [-0.15, -0.1) is 0 Å². The third-order valence-electron chi connectivity index (χ3n) is 5.23. The van der Waals surface area contributed by atoms with Gasteiger partial charge >= 0.3 is 0 Å². The van der Waals surface area contributed by atoms with Crippen LogP contribution in [0.2, 0.25) is 0 Å². The number of nitrogens with zero attached hydrogens (tertiary/aromatic N) is 3. The topological polar surface area (TPSA) is 69.2 Å². The van der Waals surface area contributed by atoms with E-state index in [1.54, 1.807) is 19.0 Å². The zero-order valence-corrected chi connectivity index (χ0v) is 19.1. The van der Waals surface area contributed by atoms with E-state index < -0.39 is 0 Å². The summed E-state index contributed by atoms with van der Waals surface area (Å²) in [6, 6.07) is 10.8. The summed E-state index contributed by atoms with van der Waals surface area (Å²) in [5, 5.41) is 6.89. The van der Waals surface area contributed by atoms with Gasteiger partial charge in [-0.3, -0.25) is 9.69 Å². The molecule has 30 heavy (non-hydrogen) atoms. The highest BCUT2D eigenvalue weighted by Gasteiger charge is 2.22. The van der Waals surface area contributed by atoms with Crippen molar-refractivity contribution >= 4 is 11.9 Å². The Bertz CT molecular complexity index is 642. The molecule has 1 aromatic carbocycles. The molecule has 1 unspecified atom stereocenters. The summed E-state index contributed by atoms with van der Waals surface area (Å²) >= 11 is 0. The van der Waals surface area contributed by atoms with Gasteiger partial charge in [-0.2, -0.15) is 0 Å². The Hall–Kier alpha value is -2.12. The minimum atomic E-state index is -0.00827. The molecule has 0 bridgehead atoms. The van der Waals surface area contributed by atoms with E-state index in [4.69, 9.17) is 4.74 Å². The zero-order chi connectivity index (χ0) is 21.8. The maximum absolute atomic E-state index is 12.0. The molecule has 2 N–H and O–H groups in total. The lowest BCUT2D eigenvalue weighted by atomic mass is 10.0. The fourth-order valence-electron chi connectivity index (χ4n) is 3.50. The lowest BCUT2D eigenvalue weighted by Crippen LogP contribution is -2.51. The van der Waals surface area contributed by atoms with Crippen LogP contribution in [0.1, 0.15) is 25.8 Å². The number of aliphatic imine (C=N–C) groups is 1. The van der Waals surface area contributed by atoms with Gasteiger partial charge in [0, 0.05) is 46.3 Å². The van der Waals surface area contributed by atoms with E-state index in [1.807, 2.05) is 6.07 Å². The molecular formula is C23H39N5O2. The second-order valence-corrected chi connectivity index (χ2v) is 8.43. The maximum Gasteiger partial charge on any atom is 0.243 e. The Morgan fingerprint density at radius 1 is 1.17 bits per heavy atom. The number of guanidine groups is 1. The molecule has 0 radical (unpaired) electrons. The van der Waals surface area contributed by atoms with Gasteiger partial charge < -0.3 is 20.3 Å². The summed E-state index contributed by atoms with van der Waals surface area (Å²) in [5.41, 5.74) is 1.28. The summed E-state index contributed by atoms with van der Waals surface area (Å²) in [7, 11) is 3.51. The number of rotatable bonds is 10. The molecule has 1 atom stereocenters. The summed E-state index contributed by atoms with van der Waals surface area (Å²) in [6.45, 7) is 9.74. The lowest BCUT2D eigenvalue weighted by molar-refractivity contribution is -0.127. The number of morpholine rings is 1. The first-order valence-electron chi connectivity index (χ1n) is 11.0. The van der Waals surface area contributed by atoms with E-state index >= 15 is 0 Å². The average molecular weight is 418 g/mol. The van der Waals surface area contributed by atoms with Crippen LogP contribution in [0.25, 0.3) is 0 Å². The molecule has 7 nitrogen and oxygen atoms in total. The molecule has 1 heterocycles. The predicted octanol–water partition coefficient (Wildman–Crippen LogP) is 1.60. The highest BCUT2D eigenvalue weighted by molar-refractivity contribution is 5.84. The largest absolute Gasteiger partial charge is 0.379 e. The van der Waals surface area contributed by atoms with Crippen molar-refractivity contribution in [1.82, 2.24) is 20.4 Å². The summed E-state index contributed by atoms with van der Waals surface area (Å²) in [6.07, 6.45) is 2.02. The van der Waals surface area contributed by atoms with Crippen LogP contribution in [0.15, 0.2) is 35.3 Å². The molecule has 0 spiro atoms. The number of likely N-dealkylation sites (N-methyl/N-ethyl adjacent to an activating group) is 1. The van der Waals surface area contributed by atoms with Crippen LogP contribution in [0.3, 0.4) is 0 Å². The normalized spacial score (nSPS) is 16.4. The van der Waals surface area contributed by atoms with Crippen LogP contribution in [0.5, 0.6) is 0 Å². The van der Waals surface area contributed by atoms with E-state index in [2.05, 4.69) is 58.6 Å². The van der Waals surface area contributed by atoms with E-state index in [0.29, 0.717) is 17.9 Å². The van der Waals surface area contributed by atoms with E-state index in [0.717, 1.165) is 52.2 Å². The van der Waals surface area contributed by atoms with Crippen molar-refractivity contribution in [2.24, 2.45) is 10.9 Å². The quantitative estimate of drug-likeness (QED) is 0.447.